The molecule has 4 aromatic rings. The van der Waals surface area contributed by atoms with Crippen molar-refractivity contribution in [3.8, 4) is 22.8 Å². The second kappa shape index (κ2) is 9.85. The van der Waals surface area contributed by atoms with Gasteiger partial charge in [-0.2, -0.15) is 0 Å². The average Bonchev–Trinajstić information content (AvgIpc) is 2.84. The first-order valence-corrected chi connectivity index (χ1v) is 11.0. The summed E-state index contributed by atoms with van der Waals surface area (Å²) in [6, 6.07) is 24.9. The fraction of sp³-hybridized carbons (Fsp3) is 0.143. The lowest BCUT2D eigenvalue weighted by molar-refractivity contribution is 0.0951. The topological polar surface area (TPSA) is 51.2 Å². The van der Waals surface area contributed by atoms with Gasteiger partial charge in [0.1, 0.15) is 23.0 Å². The monoisotopic (exact) mass is 456 g/mol. The number of amides is 1. The normalized spacial score (nSPS) is 11.2. The Labute approximate surface area is 199 Å². The Morgan fingerprint density at radius 2 is 1.50 bits per heavy atom. The summed E-state index contributed by atoms with van der Waals surface area (Å²) in [5.41, 5.74) is 4.32. The van der Waals surface area contributed by atoms with Gasteiger partial charge in [0.2, 0.25) is 0 Å². The Balaban J connectivity index is 1.40. The van der Waals surface area contributed by atoms with E-state index < -0.39 is 0 Å². The van der Waals surface area contributed by atoms with Crippen molar-refractivity contribution in [1.82, 2.24) is 14.8 Å². The first-order valence-electron chi connectivity index (χ1n) is 11.0. The number of hydrogen-bond acceptors (Lipinski definition) is 3. The number of benzene rings is 3. The molecule has 0 bridgehead atoms. The van der Waals surface area contributed by atoms with Crippen LogP contribution in [0.1, 0.15) is 15.9 Å². The summed E-state index contributed by atoms with van der Waals surface area (Å²) in [7, 11) is 6.35. The third-order valence-corrected chi connectivity index (χ3v) is 5.39. The first-order chi connectivity index (χ1) is 16.3. The van der Waals surface area contributed by atoms with Crippen molar-refractivity contribution in [2.75, 3.05) is 21.1 Å². The molecule has 1 heterocycles. The number of rotatable bonds is 7. The first kappa shape index (κ1) is 23.1. The number of pyridine rings is 1. The number of halogens is 1. The van der Waals surface area contributed by atoms with E-state index in [4.69, 9.17) is 4.74 Å². The minimum Gasteiger partial charge on any atom is -0.457 e. The molecule has 172 valence electrons. The molecule has 1 aromatic heterocycles. The molecule has 4 rings (SSSR count). The molecule has 0 aliphatic rings. The molecule has 34 heavy (non-hydrogen) atoms. The van der Waals surface area contributed by atoms with E-state index in [0.717, 1.165) is 15.6 Å². The summed E-state index contributed by atoms with van der Waals surface area (Å²) in [4.78, 5) is 17.1. The van der Waals surface area contributed by atoms with E-state index in [1.54, 1.807) is 30.5 Å². The summed E-state index contributed by atoms with van der Waals surface area (Å²) >= 11 is 0. The van der Waals surface area contributed by atoms with E-state index >= 15 is 0 Å². The zero-order valence-corrected chi connectivity index (χ0v) is 19.5. The molecule has 0 aliphatic heterocycles. The minimum atomic E-state index is -0.310. The lowest BCUT2D eigenvalue weighted by Gasteiger charge is -2.23. The molecule has 0 fully saturated rings. The van der Waals surface area contributed by atoms with Crippen molar-refractivity contribution in [3.05, 3.63) is 108 Å². The smallest absolute Gasteiger partial charge is 0.251 e. The largest absolute Gasteiger partial charge is 0.457 e. The van der Waals surface area contributed by atoms with Crippen LogP contribution in [0.4, 0.5) is 10.1 Å². The number of hydrogen-bond donors (Lipinski definition) is 1. The molecule has 1 amide bonds. The molecule has 0 radical (unpaired) electrons. The Kier molecular flexibility index (Phi) is 6.70. The van der Waals surface area contributed by atoms with Gasteiger partial charge in [-0.25, -0.2) is 4.39 Å². The van der Waals surface area contributed by atoms with E-state index in [-0.39, 0.29) is 11.7 Å². The van der Waals surface area contributed by atoms with Crippen molar-refractivity contribution in [2.45, 2.75) is 6.54 Å². The van der Waals surface area contributed by atoms with Crippen LogP contribution in [0.3, 0.4) is 0 Å². The molecule has 6 heteroatoms. The summed E-state index contributed by atoms with van der Waals surface area (Å²) in [5, 5.41) is 2.97. The maximum Gasteiger partial charge on any atom is 0.251 e. The summed E-state index contributed by atoms with van der Waals surface area (Å²) in [5.74, 6) is 0.713. The third-order valence-electron chi connectivity index (χ3n) is 5.39. The number of aromatic nitrogens is 1. The molecule has 5 nitrogen and oxygen atoms in total. The predicted molar refractivity (Wildman–Crippen MR) is 133 cm³/mol. The number of nitrogens with one attached hydrogen (secondary N) is 1. The zero-order valence-electron chi connectivity index (χ0n) is 19.5. The molecule has 0 unspecified atom stereocenters. The van der Waals surface area contributed by atoms with Crippen LogP contribution in [-0.4, -0.2) is 32.0 Å². The van der Waals surface area contributed by atoms with Crippen LogP contribution >= 0.6 is 0 Å². The number of nitrogens with zero attached hydrogens (tertiary/aromatic N) is 2. The van der Waals surface area contributed by atoms with Gasteiger partial charge in [-0.1, -0.05) is 12.1 Å². The highest BCUT2D eigenvalue weighted by Crippen LogP contribution is 2.25. The molecule has 0 saturated carbocycles. The van der Waals surface area contributed by atoms with Crippen molar-refractivity contribution >= 4 is 11.6 Å². The molecule has 0 atom stereocenters. The molecular formula is C28H27FN3O2+. The fourth-order valence-corrected chi connectivity index (χ4v) is 3.41. The molecule has 0 spiro atoms. The Hall–Kier alpha value is -4.03. The minimum absolute atomic E-state index is 0.157. The highest BCUT2D eigenvalue weighted by atomic mass is 19.1. The van der Waals surface area contributed by atoms with Gasteiger partial charge >= 0.3 is 0 Å². The van der Waals surface area contributed by atoms with Gasteiger partial charge < -0.3 is 10.1 Å². The maximum absolute atomic E-state index is 13.1. The van der Waals surface area contributed by atoms with Crippen molar-refractivity contribution < 1.29 is 13.9 Å². The van der Waals surface area contributed by atoms with Gasteiger partial charge in [-0.3, -0.25) is 14.3 Å². The standard InChI is InChI=1S/C28H26FN3O2/c1-32(2,3)24-10-4-20(5-11-24)19-31-28(33)22-16-17-30-27(18-22)21-6-12-25(13-7-21)34-26-14-8-23(29)9-15-26/h4-18H,19H2,1-3H3/p+1. The summed E-state index contributed by atoms with van der Waals surface area (Å²) in [6.07, 6.45) is 1.63. The number of carbonyl (C=O) groups is 1. The SMILES string of the molecule is C[N+](C)(C)c1ccc(CNC(=O)c2ccnc(-c3ccc(Oc4ccc(F)cc4)cc3)c2)cc1. The van der Waals surface area contributed by atoms with Crippen LogP contribution < -0.4 is 14.5 Å². The summed E-state index contributed by atoms with van der Waals surface area (Å²) < 4.78 is 19.5. The second-order valence-corrected chi connectivity index (χ2v) is 8.87. The lowest BCUT2D eigenvalue weighted by Crippen LogP contribution is -2.34. The van der Waals surface area contributed by atoms with Gasteiger partial charge in [-0.15, -0.1) is 0 Å². The molecule has 3 aromatic carbocycles. The van der Waals surface area contributed by atoms with Crippen LogP contribution in [0.15, 0.2) is 91.1 Å². The van der Waals surface area contributed by atoms with Crippen LogP contribution in [-0.2, 0) is 6.54 Å². The maximum atomic E-state index is 13.1. The van der Waals surface area contributed by atoms with Gasteiger partial charge in [0.25, 0.3) is 5.91 Å². The Morgan fingerprint density at radius 3 is 2.12 bits per heavy atom. The van der Waals surface area contributed by atoms with E-state index in [1.165, 1.54) is 17.8 Å². The van der Waals surface area contributed by atoms with Crippen LogP contribution in [0.5, 0.6) is 11.5 Å². The highest BCUT2D eigenvalue weighted by molar-refractivity contribution is 5.95. The van der Waals surface area contributed by atoms with Crippen LogP contribution in [0.25, 0.3) is 11.3 Å². The molecule has 1 N–H and O–H groups in total. The van der Waals surface area contributed by atoms with Crippen LogP contribution in [0, 0.1) is 5.82 Å². The zero-order chi connectivity index (χ0) is 24.1. The number of carbonyl (C=O) groups excluding carboxylic acids is 1. The Bertz CT molecular complexity index is 1260. The fourth-order valence-electron chi connectivity index (χ4n) is 3.41. The van der Waals surface area contributed by atoms with E-state index in [1.807, 2.05) is 36.4 Å². The molecule has 0 aliphatic carbocycles. The highest BCUT2D eigenvalue weighted by Gasteiger charge is 2.12. The van der Waals surface area contributed by atoms with Gasteiger partial charge in [0, 0.05) is 23.9 Å². The lowest BCUT2D eigenvalue weighted by atomic mass is 10.1. The van der Waals surface area contributed by atoms with Crippen molar-refractivity contribution in [3.63, 3.8) is 0 Å². The van der Waals surface area contributed by atoms with E-state index in [0.29, 0.717) is 29.3 Å². The second-order valence-electron chi connectivity index (χ2n) is 8.87. The van der Waals surface area contributed by atoms with E-state index in [9.17, 15) is 9.18 Å². The quantitative estimate of drug-likeness (QED) is 0.357. The van der Waals surface area contributed by atoms with Gasteiger partial charge in [-0.05, 0) is 78.4 Å². The Morgan fingerprint density at radius 1 is 0.882 bits per heavy atom. The van der Waals surface area contributed by atoms with E-state index in [2.05, 4.69) is 43.6 Å². The van der Waals surface area contributed by atoms with Gasteiger partial charge in [0.15, 0.2) is 0 Å². The molecule has 0 saturated heterocycles. The predicted octanol–water partition coefficient (Wildman–Crippen LogP) is 5.81. The van der Waals surface area contributed by atoms with Crippen LogP contribution in [0.2, 0.25) is 0 Å². The number of ether oxygens (including phenoxy) is 1. The molecular weight excluding hydrogens is 429 g/mol. The third kappa shape index (κ3) is 5.85. The van der Waals surface area contributed by atoms with Crippen molar-refractivity contribution in [1.29, 1.82) is 0 Å². The average molecular weight is 457 g/mol. The van der Waals surface area contributed by atoms with Crippen molar-refractivity contribution in [2.24, 2.45) is 0 Å². The summed E-state index contributed by atoms with van der Waals surface area (Å²) in [6.45, 7) is 0.448. The number of quaternary nitrogens is 1. The van der Waals surface area contributed by atoms with Gasteiger partial charge in [0.05, 0.1) is 26.8 Å².